The van der Waals surface area contributed by atoms with Crippen molar-refractivity contribution in [1.82, 2.24) is 9.47 Å². The van der Waals surface area contributed by atoms with Crippen molar-refractivity contribution in [2.45, 2.75) is 37.8 Å². The summed E-state index contributed by atoms with van der Waals surface area (Å²) < 4.78 is 2.24. The molecule has 21 heavy (non-hydrogen) atoms. The molecule has 1 aromatic heterocycles. The number of hydrogen-bond donors (Lipinski definition) is 0. The summed E-state index contributed by atoms with van der Waals surface area (Å²) in [5.41, 5.74) is 1.14. The molecule has 0 aliphatic heterocycles. The van der Waals surface area contributed by atoms with Crippen LogP contribution in [0.2, 0.25) is 0 Å². The Morgan fingerprint density at radius 1 is 1.24 bits per heavy atom. The Bertz CT molecular complexity index is 663. The molecular weight excluding hydrogens is 266 g/mol. The highest BCUT2D eigenvalue weighted by atomic mass is 16.6. The Labute approximate surface area is 124 Å². The minimum absolute atomic E-state index is 0.166. The van der Waals surface area contributed by atoms with Gasteiger partial charge in [0.1, 0.15) is 0 Å². The molecular formula is C16H21N3O2. The number of nitro groups is 1. The standard InChI is InChI=1S/C16H21N3O2/c1-17(2)14-5-3-4-6-15(14)18-10-9-12-7-8-13(19(20)21)11-16(12)18/h7-11,14-15H,3-6H2,1-2H3/t14-,15+/m0/s1. The predicted molar refractivity (Wildman–Crippen MR) is 83.6 cm³/mol. The molecule has 0 N–H and O–H groups in total. The Balaban J connectivity index is 2.06. The molecule has 2 atom stereocenters. The molecule has 1 aliphatic rings. The summed E-state index contributed by atoms with van der Waals surface area (Å²) in [5.74, 6) is 0. The highest BCUT2D eigenvalue weighted by Crippen LogP contribution is 2.34. The lowest BCUT2D eigenvalue weighted by molar-refractivity contribution is -0.384. The summed E-state index contributed by atoms with van der Waals surface area (Å²) in [6.45, 7) is 0. The van der Waals surface area contributed by atoms with Gasteiger partial charge in [-0.05, 0) is 39.1 Å². The maximum atomic E-state index is 11.0. The zero-order valence-electron chi connectivity index (χ0n) is 12.5. The van der Waals surface area contributed by atoms with Gasteiger partial charge in [-0.2, -0.15) is 0 Å². The summed E-state index contributed by atoms with van der Waals surface area (Å²) in [7, 11) is 4.24. The van der Waals surface area contributed by atoms with Crippen LogP contribution in [0, 0.1) is 10.1 Å². The Hall–Kier alpha value is -1.88. The predicted octanol–water partition coefficient (Wildman–Crippen LogP) is 3.59. The van der Waals surface area contributed by atoms with Crippen molar-refractivity contribution >= 4 is 16.6 Å². The molecule has 1 heterocycles. The monoisotopic (exact) mass is 287 g/mol. The van der Waals surface area contributed by atoms with Gasteiger partial charge in [-0.1, -0.05) is 12.8 Å². The van der Waals surface area contributed by atoms with Crippen molar-refractivity contribution < 1.29 is 4.92 Å². The quantitative estimate of drug-likeness (QED) is 0.640. The molecule has 1 aliphatic carbocycles. The van der Waals surface area contributed by atoms with E-state index in [1.54, 1.807) is 12.1 Å². The van der Waals surface area contributed by atoms with E-state index in [9.17, 15) is 10.1 Å². The smallest absolute Gasteiger partial charge is 0.271 e. The molecule has 1 saturated carbocycles. The topological polar surface area (TPSA) is 51.3 Å². The third-order valence-electron chi connectivity index (χ3n) is 4.63. The van der Waals surface area contributed by atoms with Crippen LogP contribution in [0.5, 0.6) is 0 Å². The Morgan fingerprint density at radius 2 is 2.00 bits per heavy atom. The van der Waals surface area contributed by atoms with Crippen LogP contribution >= 0.6 is 0 Å². The van der Waals surface area contributed by atoms with E-state index in [0.29, 0.717) is 12.1 Å². The van der Waals surface area contributed by atoms with Gasteiger partial charge in [0.15, 0.2) is 0 Å². The van der Waals surface area contributed by atoms with Gasteiger partial charge in [-0.25, -0.2) is 0 Å². The summed E-state index contributed by atoms with van der Waals surface area (Å²) in [6.07, 6.45) is 6.89. The minimum Gasteiger partial charge on any atom is -0.343 e. The van der Waals surface area contributed by atoms with Crippen molar-refractivity contribution in [3.8, 4) is 0 Å². The molecule has 0 spiro atoms. The molecule has 0 unspecified atom stereocenters. The number of fused-ring (bicyclic) bond motifs is 1. The number of nitrogens with zero attached hydrogens (tertiary/aromatic N) is 3. The largest absolute Gasteiger partial charge is 0.343 e. The molecule has 1 aromatic carbocycles. The first kappa shape index (κ1) is 14.1. The van der Waals surface area contributed by atoms with Gasteiger partial charge in [-0.15, -0.1) is 0 Å². The SMILES string of the molecule is CN(C)[C@H]1CCCC[C@H]1n1ccc2ccc([N+](=O)[O-])cc21. The number of benzene rings is 1. The van der Waals surface area contributed by atoms with Gasteiger partial charge in [0, 0.05) is 35.8 Å². The Kier molecular flexibility index (Phi) is 3.68. The fraction of sp³-hybridized carbons (Fsp3) is 0.500. The summed E-state index contributed by atoms with van der Waals surface area (Å²) in [4.78, 5) is 13.0. The van der Waals surface area contributed by atoms with Gasteiger partial charge in [0.05, 0.1) is 10.4 Å². The molecule has 0 radical (unpaired) electrons. The zero-order valence-corrected chi connectivity index (χ0v) is 12.5. The zero-order chi connectivity index (χ0) is 15.0. The average Bonchev–Trinajstić information content (AvgIpc) is 2.89. The highest BCUT2D eigenvalue weighted by Gasteiger charge is 2.28. The van der Waals surface area contributed by atoms with E-state index in [1.165, 1.54) is 19.3 Å². The number of hydrogen-bond acceptors (Lipinski definition) is 3. The van der Waals surface area contributed by atoms with Crippen LogP contribution in [-0.4, -0.2) is 34.5 Å². The first-order valence-electron chi connectivity index (χ1n) is 7.49. The van der Waals surface area contributed by atoms with Crippen molar-refractivity contribution in [1.29, 1.82) is 0 Å². The van der Waals surface area contributed by atoms with Gasteiger partial charge in [0.25, 0.3) is 5.69 Å². The van der Waals surface area contributed by atoms with Gasteiger partial charge < -0.3 is 9.47 Å². The van der Waals surface area contributed by atoms with Crippen molar-refractivity contribution in [3.63, 3.8) is 0 Å². The summed E-state index contributed by atoms with van der Waals surface area (Å²) in [6, 6.07) is 8.08. The average molecular weight is 287 g/mol. The third-order valence-corrected chi connectivity index (χ3v) is 4.63. The second-order valence-electron chi connectivity index (χ2n) is 6.11. The fourth-order valence-electron chi connectivity index (χ4n) is 3.56. The molecule has 5 heteroatoms. The van der Waals surface area contributed by atoms with E-state index in [-0.39, 0.29) is 10.6 Å². The number of nitro benzene ring substituents is 1. The first-order chi connectivity index (χ1) is 10.1. The second kappa shape index (κ2) is 5.48. The highest BCUT2D eigenvalue weighted by molar-refractivity contribution is 5.82. The molecule has 2 aromatic rings. The summed E-state index contributed by atoms with van der Waals surface area (Å²) in [5, 5.41) is 12.1. The normalized spacial score (nSPS) is 22.8. The fourth-order valence-corrected chi connectivity index (χ4v) is 3.56. The first-order valence-corrected chi connectivity index (χ1v) is 7.49. The van der Waals surface area contributed by atoms with Crippen LogP contribution in [0.25, 0.3) is 10.9 Å². The van der Waals surface area contributed by atoms with E-state index >= 15 is 0 Å². The lowest BCUT2D eigenvalue weighted by Gasteiger charge is -2.37. The van der Waals surface area contributed by atoms with Gasteiger partial charge in [-0.3, -0.25) is 10.1 Å². The minimum atomic E-state index is -0.318. The van der Waals surface area contributed by atoms with E-state index < -0.39 is 0 Å². The van der Waals surface area contributed by atoms with Gasteiger partial charge >= 0.3 is 0 Å². The van der Waals surface area contributed by atoms with E-state index in [0.717, 1.165) is 17.3 Å². The molecule has 5 nitrogen and oxygen atoms in total. The van der Waals surface area contributed by atoms with Crippen LogP contribution in [0.1, 0.15) is 31.7 Å². The number of likely N-dealkylation sites (N-methyl/N-ethyl adjacent to an activating group) is 1. The lowest BCUT2D eigenvalue weighted by Crippen LogP contribution is -2.38. The third kappa shape index (κ3) is 2.53. The van der Waals surface area contributed by atoms with E-state index in [1.807, 2.05) is 6.07 Å². The van der Waals surface area contributed by atoms with Crippen LogP contribution in [-0.2, 0) is 0 Å². The molecule has 1 fully saturated rings. The number of rotatable bonds is 3. The van der Waals surface area contributed by atoms with Gasteiger partial charge in [0.2, 0.25) is 0 Å². The second-order valence-corrected chi connectivity index (χ2v) is 6.11. The van der Waals surface area contributed by atoms with Crippen molar-refractivity contribution in [3.05, 3.63) is 40.6 Å². The number of aromatic nitrogens is 1. The maximum Gasteiger partial charge on any atom is 0.271 e. The van der Waals surface area contributed by atoms with Crippen LogP contribution in [0.15, 0.2) is 30.5 Å². The Morgan fingerprint density at radius 3 is 2.71 bits per heavy atom. The van der Waals surface area contributed by atoms with Crippen LogP contribution in [0.3, 0.4) is 0 Å². The molecule has 0 bridgehead atoms. The summed E-state index contributed by atoms with van der Waals surface area (Å²) >= 11 is 0. The van der Waals surface area contributed by atoms with Crippen molar-refractivity contribution in [2.75, 3.05) is 14.1 Å². The lowest BCUT2D eigenvalue weighted by atomic mass is 9.89. The van der Waals surface area contributed by atoms with Crippen LogP contribution in [0.4, 0.5) is 5.69 Å². The maximum absolute atomic E-state index is 11.0. The molecule has 3 rings (SSSR count). The number of non-ortho nitro benzene ring substituents is 1. The molecule has 112 valence electrons. The van der Waals surface area contributed by atoms with Crippen molar-refractivity contribution in [2.24, 2.45) is 0 Å². The molecule has 0 saturated heterocycles. The van der Waals surface area contributed by atoms with E-state index in [2.05, 4.69) is 35.8 Å². The van der Waals surface area contributed by atoms with Crippen LogP contribution < -0.4 is 0 Å². The van der Waals surface area contributed by atoms with E-state index in [4.69, 9.17) is 0 Å². The molecule has 0 amide bonds.